The maximum absolute atomic E-state index is 12.0. The maximum Gasteiger partial charge on any atom is 0.410 e. The monoisotopic (exact) mass is 276 g/mol. The van der Waals surface area contributed by atoms with Crippen molar-refractivity contribution in [3.8, 4) is 0 Å². The summed E-state index contributed by atoms with van der Waals surface area (Å²) in [7, 11) is 0. The van der Waals surface area contributed by atoms with Gasteiger partial charge in [0.05, 0.1) is 12.6 Å². The van der Waals surface area contributed by atoms with Gasteiger partial charge in [0.15, 0.2) is 0 Å². The Morgan fingerprint density at radius 1 is 1.32 bits per heavy atom. The quantitative estimate of drug-likeness (QED) is 0.702. The van der Waals surface area contributed by atoms with Crippen molar-refractivity contribution in [2.75, 3.05) is 13.2 Å². The summed E-state index contributed by atoms with van der Waals surface area (Å²) in [6, 6.07) is -0.910. The highest BCUT2D eigenvalue weighted by Gasteiger charge is 2.26. The van der Waals surface area contributed by atoms with Crippen LogP contribution in [0.15, 0.2) is 0 Å². The summed E-state index contributed by atoms with van der Waals surface area (Å²) in [4.78, 5) is 23.9. The molecule has 0 bridgehead atoms. The second-order valence-electron chi connectivity index (χ2n) is 5.56. The summed E-state index contributed by atoms with van der Waals surface area (Å²) in [6.07, 6.45) is -1.78. The van der Waals surface area contributed by atoms with E-state index in [-0.39, 0.29) is 12.6 Å². The van der Waals surface area contributed by atoms with Crippen LogP contribution in [-0.4, -0.2) is 58.1 Å². The summed E-state index contributed by atoms with van der Waals surface area (Å²) in [5.41, 5.74) is -0.626. The lowest BCUT2D eigenvalue weighted by Crippen LogP contribution is -2.50. The molecule has 0 aliphatic carbocycles. The maximum atomic E-state index is 12.0. The van der Waals surface area contributed by atoms with Crippen LogP contribution in [-0.2, 0) is 4.74 Å². The lowest BCUT2D eigenvalue weighted by atomic mass is 10.2. The van der Waals surface area contributed by atoms with Crippen molar-refractivity contribution in [1.29, 1.82) is 0 Å². The van der Waals surface area contributed by atoms with E-state index >= 15 is 0 Å². The van der Waals surface area contributed by atoms with Crippen molar-refractivity contribution in [1.82, 2.24) is 10.2 Å². The molecular formula is C12H24N2O5. The molecule has 0 aromatic rings. The number of aliphatic hydroxyl groups excluding tert-OH is 1. The van der Waals surface area contributed by atoms with Crippen LogP contribution in [0.5, 0.6) is 0 Å². The van der Waals surface area contributed by atoms with Crippen molar-refractivity contribution >= 4 is 12.2 Å². The van der Waals surface area contributed by atoms with Gasteiger partial charge in [-0.15, -0.1) is 0 Å². The van der Waals surface area contributed by atoms with Gasteiger partial charge in [-0.05, 0) is 34.6 Å². The highest BCUT2D eigenvalue weighted by atomic mass is 16.6. The Morgan fingerprint density at radius 2 is 1.84 bits per heavy atom. The van der Waals surface area contributed by atoms with Crippen molar-refractivity contribution in [2.24, 2.45) is 0 Å². The van der Waals surface area contributed by atoms with Gasteiger partial charge >= 0.3 is 12.2 Å². The minimum Gasteiger partial charge on any atom is -0.465 e. The van der Waals surface area contributed by atoms with Gasteiger partial charge in [-0.1, -0.05) is 0 Å². The SMILES string of the molecule is CC(C)N(C[C@@H](CO)NC(=O)O)C(=O)OC(C)(C)C. The zero-order valence-electron chi connectivity index (χ0n) is 12.1. The molecule has 3 N–H and O–H groups in total. The summed E-state index contributed by atoms with van der Waals surface area (Å²) < 4.78 is 5.24. The molecule has 0 aliphatic rings. The van der Waals surface area contributed by atoms with Gasteiger partial charge in [-0.2, -0.15) is 0 Å². The number of ether oxygens (including phenoxy) is 1. The molecule has 0 heterocycles. The van der Waals surface area contributed by atoms with Crippen LogP contribution in [0.4, 0.5) is 9.59 Å². The molecule has 0 aliphatic heterocycles. The molecule has 7 nitrogen and oxygen atoms in total. The number of rotatable bonds is 5. The third-order valence-corrected chi connectivity index (χ3v) is 2.22. The van der Waals surface area contributed by atoms with Crippen LogP contribution in [0.3, 0.4) is 0 Å². The van der Waals surface area contributed by atoms with Crippen LogP contribution in [0.25, 0.3) is 0 Å². The van der Waals surface area contributed by atoms with Crippen LogP contribution in [0.2, 0.25) is 0 Å². The Hall–Kier alpha value is -1.50. The van der Waals surface area contributed by atoms with E-state index in [9.17, 15) is 9.59 Å². The Labute approximate surface area is 113 Å². The molecule has 0 saturated heterocycles. The van der Waals surface area contributed by atoms with Crippen LogP contribution in [0.1, 0.15) is 34.6 Å². The van der Waals surface area contributed by atoms with Gasteiger partial charge in [0.25, 0.3) is 0 Å². The molecule has 112 valence electrons. The number of nitrogens with zero attached hydrogens (tertiary/aromatic N) is 1. The second kappa shape index (κ2) is 7.18. The topological polar surface area (TPSA) is 99.1 Å². The number of hydrogen-bond acceptors (Lipinski definition) is 4. The summed E-state index contributed by atoms with van der Waals surface area (Å²) in [5.74, 6) is 0. The Bertz CT molecular complexity index is 312. The Morgan fingerprint density at radius 3 is 2.16 bits per heavy atom. The number of hydrogen-bond donors (Lipinski definition) is 3. The van der Waals surface area contributed by atoms with E-state index in [1.54, 1.807) is 34.6 Å². The average Bonchev–Trinajstić information content (AvgIpc) is 2.20. The normalized spacial score (nSPS) is 13.0. The predicted octanol–water partition coefficient (Wildman–Crippen LogP) is 1.26. The van der Waals surface area contributed by atoms with E-state index in [4.69, 9.17) is 14.9 Å². The molecule has 0 fully saturated rings. The van der Waals surface area contributed by atoms with Gasteiger partial charge < -0.3 is 25.2 Å². The average molecular weight is 276 g/mol. The lowest BCUT2D eigenvalue weighted by Gasteiger charge is -2.32. The van der Waals surface area contributed by atoms with Gasteiger partial charge in [-0.3, -0.25) is 0 Å². The first-order valence-corrected chi connectivity index (χ1v) is 6.16. The molecule has 0 spiro atoms. The van der Waals surface area contributed by atoms with Crippen molar-refractivity contribution < 1.29 is 24.5 Å². The second-order valence-corrected chi connectivity index (χ2v) is 5.56. The first-order chi connectivity index (χ1) is 8.56. The number of carbonyl (C=O) groups is 2. The van der Waals surface area contributed by atoms with E-state index in [1.165, 1.54) is 4.90 Å². The fraction of sp³-hybridized carbons (Fsp3) is 0.833. The largest absolute Gasteiger partial charge is 0.465 e. The van der Waals surface area contributed by atoms with E-state index in [0.717, 1.165) is 0 Å². The smallest absolute Gasteiger partial charge is 0.410 e. The number of nitrogens with one attached hydrogen (secondary N) is 1. The first kappa shape index (κ1) is 17.5. The molecule has 7 heteroatoms. The molecule has 0 rings (SSSR count). The van der Waals surface area contributed by atoms with Crippen LogP contribution < -0.4 is 5.32 Å². The van der Waals surface area contributed by atoms with Crippen LogP contribution >= 0.6 is 0 Å². The van der Waals surface area contributed by atoms with Crippen LogP contribution in [0, 0.1) is 0 Å². The summed E-state index contributed by atoms with van der Waals surface area (Å²) >= 11 is 0. The van der Waals surface area contributed by atoms with Gasteiger partial charge in [0.2, 0.25) is 0 Å². The molecule has 0 aromatic carbocycles. The molecule has 1 atom stereocenters. The van der Waals surface area contributed by atoms with Gasteiger partial charge in [-0.25, -0.2) is 9.59 Å². The lowest BCUT2D eigenvalue weighted by molar-refractivity contribution is 0.0154. The Kier molecular flexibility index (Phi) is 6.61. The highest BCUT2D eigenvalue weighted by Crippen LogP contribution is 2.12. The molecule has 0 saturated carbocycles. The molecule has 0 aromatic heterocycles. The highest BCUT2D eigenvalue weighted by molar-refractivity contribution is 5.69. The third kappa shape index (κ3) is 7.50. The zero-order valence-corrected chi connectivity index (χ0v) is 12.1. The molecule has 19 heavy (non-hydrogen) atoms. The fourth-order valence-corrected chi connectivity index (χ4v) is 1.38. The van der Waals surface area contributed by atoms with Gasteiger partial charge in [0.1, 0.15) is 5.60 Å². The summed E-state index contributed by atoms with van der Waals surface area (Å²) in [6.45, 7) is 8.50. The predicted molar refractivity (Wildman–Crippen MR) is 70.1 cm³/mol. The Balaban J connectivity index is 4.72. The molecule has 0 radical (unpaired) electrons. The van der Waals surface area contributed by atoms with E-state index in [2.05, 4.69) is 5.32 Å². The number of carbonyl (C=O) groups excluding carboxylic acids is 1. The van der Waals surface area contributed by atoms with Crippen molar-refractivity contribution in [2.45, 2.75) is 52.3 Å². The van der Waals surface area contributed by atoms with E-state index in [1.807, 2.05) is 0 Å². The number of carboxylic acid groups (broad SMARTS) is 1. The number of aliphatic hydroxyl groups is 1. The van der Waals surface area contributed by atoms with E-state index < -0.39 is 30.4 Å². The van der Waals surface area contributed by atoms with Crippen molar-refractivity contribution in [3.05, 3.63) is 0 Å². The molecule has 2 amide bonds. The minimum atomic E-state index is -1.24. The third-order valence-electron chi connectivity index (χ3n) is 2.22. The first-order valence-electron chi connectivity index (χ1n) is 6.16. The van der Waals surface area contributed by atoms with Crippen molar-refractivity contribution in [3.63, 3.8) is 0 Å². The zero-order chi connectivity index (χ0) is 15.2. The summed E-state index contributed by atoms with van der Waals surface area (Å²) in [5, 5.41) is 19.9. The van der Waals surface area contributed by atoms with E-state index in [0.29, 0.717) is 0 Å². The minimum absolute atomic E-state index is 0.0510. The molecule has 0 unspecified atom stereocenters. The fourth-order valence-electron chi connectivity index (χ4n) is 1.38. The number of amides is 2. The van der Waals surface area contributed by atoms with Gasteiger partial charge in [0, 0.05) is 12.6 Å². The standard InChI is InChI=1S/C12H24N2O5/c1-8(2)14(11(18)19-12(3,4)5)6-9(7-15)13-10(16)17/h8-9,13,15H,6-7H2,1-5H3,(H,16,17)/t9-/m0/s1. The molecular weight excluding hydrogens is 252 g/mol.